The molecule has 1 saturated carbocycles. The van der Waals surface area contributed by atoms with Gasteiger partial charge in [-0.15, -0.1) is 0 Å². The number of nitriles is 1. The van der Waals surface area contributed by atoms with Crippen LogP contribution in [0.4, 0.5) is 5.69 Å². The molecule has 0 unspecified atom stereocenters. The molecule has 1 spiro atoms. The van der Waals surface area contributed by atoms with Gasteiger partial charge in [-0.1, -0.05) is 57.9 Å². The Balaban J connectivity index is 1.60. The van der Waals surface area contributed by atoms with Gasteiger partial charge in [0.15, 0.2) is 0 Å². The summed E-state index contributed by atoms with van der Waals surface area (Å²) >= 11 is 3.51. The van der Waals surface area contributed by atoms with Gasteiger partial charge in [-0.05, 0) is 61.9 Å². The summed E-state index contributed by atoms with van der Waals surface area (Å²) in [5.41, 5.74) is 4.89. The van der Waals surface area contributed by atoms with Crippen LogP contribution < -0.4 is 5.32 Å². The van der Waals surface area contributed by atoms with Gasteiger partial charge >= 0.3 is 0 Å². The molecule has 2 aliphatic rings. The van der Waals surface area contributed by atoms with Gasteiger partial charge < -0.3 is 5.32 Å². The number of allylic oxidation sites excluding steroid dienone is 1. The first kappa shape index (κ1) is 16.4. The monoisotopic (exact) mass is 392 g/mol. The summed E-state index contributed by atoms with van der Waals surface area (Å²) in [7, 11) is 0. The summed E-state index contributed by atoms with van der Waals surface area (Å²) in [5, 5.41) is 13.4. The van der Waals surface area contributed by atoms with Gasteiger partial charge in [0, 0.05) is 15.6 Å². The normalized spacial score (nSPS) is 27.5. The number of rotatable bonds is 2. The van der Waals surface area contributed by atoms with Gasteiger partial charge in [0.05, 0.1) is 6.07 Å². The van der Waals surface area contributed by atoms with Crippen LogP contribution in [0.5, 0.6) is 0 Å². The van der Waals surface area contributed by atoms with Gasteiger partial charge in [-0.2, -0.15) is 5.26 Å². The minimum atomic E-state index is -0.482. The Labute approximate surface area is 157 Å². The molecule has 0 bridgehead atoms. The molecule has 1 fully saturated rings. The van der Waals surface area contributed by atoms with E-state index in [4.69, 9.17) is 0 Å². The van der Waals surface area contributed by atoms with Crippen LogP contribution in [0.3, 0.4) is 0 Å². The molecule has 4 rings (SSSR count). The quantitative estimate of drug-likeness (QED) is 0.674. The van der Waals surface area contributed by atoms with E-state index in [1.807, 2.05) is 24.3 Å². The van der Waals surface area contributed by atoms with Crippen LogP contribution in [0.2, 0.25) is 0 Å². The van der Waals surface area contributed by atoms with Crippen LogP contribution in [-0.4, -0.2) is 5.54 Å². The molecular formula is C22H21BrN2. The van der Waals surface area contributed by atoms with Crippen molar-refractivity contribution in [3.05, 3.63) is 69.7 Å². The van der Waals surface area contributed by atoms with Gasteiger partial charge in [0.2, 0.25) is 0 Å². The van der Waals surface area contributed by atoms with Gasteiger partial charge in [-0.3, -0.25) is 0 Å². The fraction of sp³-hybridized carbons (Fsp3) is 0.318. The van der Waals surface area contributed by atoms with E-state index in [0.29, 0.717) is 0 Å². The van der Waals surface area contributed by atoms with E-state index in [0.717, 1.165) is 35.8 Å². The molecule has 0 atom stereocenters. The summed E-state index contributed by atoms with van der Waals surface area (Å²) in [4.78, 5) is 0. The lowest BCUT2D eigenvalue weighted by molar-refractivity contribution is 0.286. The highest BCUT2D eigenvalue weighted by Crippen LogP contribution is 2.53. The van der Waals surface area contributed by atoms with Gasteiger partial charge in [-0.25, -0.2) is 0 Å². The maximum absolute atomic E-state index is 9.93. The van der Waals surface area contributed by atoms with E-state index < -0.39 is 5.54 Å². The van der Waals surface area contributed by atoms with Crippen LogP contribution in [0.15, 0.2) is 58.6 Å². The number of anilines is 1. The lowest BCUT2D eigenvalue weighted by Gasteiger charge is -2.44. The summed E-state index contributed by atoms with van der Waals surface area (Å²) in [5.74, 6) is 0. The van der Waals surface area contributed by atoms with Gasteiger partial charge in [0.25, 0.3) is 0 Å². The largest absolute Gasteiger partial charge is 0.367 e. The van der Waals surface area contributed by atoms with E-state index in [1.54, 1.807) is 0 Å². The van der Waals surface area contributed by atoms with E-state index in [-0.39, 0.29) is 5.41 Å². The molecule has 1 N–H and O–H groups in total. The Bertz CT molecular complexity index is 883. The second kappa shape index (κ2) is 6.04. The maximum Gasteiger partial charge on any atom is 0.125 e. The summed E-state index contributed by atoms with van der Waals surface area (Å²) in [6.07, 6.45) is 6.07. The minimum Gasteiger partial charge on any atom is -0.367 e. The second-order valence-corrected chi connectivity index (χ2v) is 8.24. The Hall–Kier alpha value is -2.05. The molecule has 0 aliphatic heterocycles. The highest BCUT2D eigenvalue weighted by Gasteiger charge is 2.47. The third-order valence-corrected chi connectivity index (χ3v) is 6.48. The molecule has 3 heteroatoms. The number of nitrogens with zero attached hydrogens (tertiary/aromatic N) is 1. The number of hydrogen-bond donors (Lipinski definition) is 1. The van der Waals surface area contributed by atoms with E-state index in [9.17, 15) is 5.26 Å². The first-order valence-electron chi connectivity index (χ1n) is 8.80. The average molecular weight is 393 g/mol. The second-order valence-electron chi connectivity index (χ2n) is 7.33. The SMILES string of the molecule is CC1=Cc2ccccc2C12CCC(C#N)(Nc1cccc(Br)c1)CC2. The van der Waals surface area contributed by atoms with Gasteiger partial charge in [0.1, 0.15) is 5.54 Å². The predicted octanol–water partition coefficient (Wildman–Crippen LogP) is 6.05. The Morgan fingerprint density at radius 3 is 2.52 bits per heavy atom. The molecule has 2 nitrogen and oxygen atoms in total. The summed E-state index contributed by atoms with van der Waals surface area (Å²) < 4.78 is 1.03. The smallest absolute Gasteiger partial charge is 0.125 e. The van der Waals surface area contributed by atoms with E-state index in [1.165, 1.54) is 16.7 Å². The summed E-state index contributed by atoms with van der Waals surface area (Å²) in [6, 6.07) is 19.4. The lowest BCUT2D eigenvalue weighted by atomic mass is 9.63. The van der Waals surface area contributed by atoms with Crippen molar-refractivity contribution in [3.63, 3.8) is 0 Å². The molecule has 25 heavy (non-hydrogen) atoms. The highest BCUT2D eigenvalue weighted by atomic mass is 79.9. The third kappa shape index (κ3) is 2.69. The van der Waals surface area contributed by atoms with Crippen molar-refractivity contribution >= 4 is 27.7 Å². The van der Waals surface area contributed by atoms with Crippen molar-refractivity contribution in [2.45, 2.75) is 43.6 Å². The third-order valence-electron chi connectivity index (χ3n) is 5.98. The molecule has 126 valence electrons. The first-order chi connectivity index (χ1) is 12.1. The standard InChI is InChI=1S/C22H21BrN2/c1-16-13-17-5-2-3-8-20(17)22(16)11-9-21(15-24,10-12-22)25-19-7-4-6-18(23)14-19/h2-8,13-14,25H,9-12H2,1H3. The molecule has 0 radical (unpaired) electrons. The van der Waals surface area contributed by atoms with Crippen LogP contribution in [0.25, 0.3) is 6.08 Å². The highest BCUT2D eigenvalue weighted by molar-refractivity contribution is 9.10. The fourth-order valence-corrected chi connectivity index (χ4v) is 4.92. The Morgan fingerprint density at radius 1 is 1.04 bits per heavy atom. The van der Waals surface area contributed by atoms with Crippen LogP contribution in [0.1, 0.15) is 43.7 Å². The molecule has 2 aromatic rings. The van der Waals surface area contributed by atoms with Crippen molar-refractivity contribution in [1.29, 1.82) is 5.26 Å². The Kier molecular flexibility index (Phi) is 3.96. The lowest BCUT2D eigenvalue weighted by Crippen LogP contribution is -2.45. The number of fused-ring (bicyclic) bond motifs is 2. The molecule has 2 aromatic carbocycles. The van der Waals surface area contributed by atoms with E-state index >= 15 is 0 Å². The van der Waals surface area contributed by atoms with Crippen LogP contribution in [0, 0.1) is 11.3 Å². The molecule has 0 saturated heterocycles. The number of nitrogens with one attached hydrogen (secondary N) is 1. The molecule has 0 amide bonds. The maximum atomic E-state index is 9.93. The minimum absolute atomic E-state index is 0.121. The number of halogens is 1. The fourth-order valence-electron chi connectivity index (χ4n) is 4.52. The van der Waals surface area contributed by atoms with Crippen molar-refractivity contribution < 1.29 is 0 Å². The zero-order valence-electron chi connectivity index (χ0n) is 14.3. The Morgan fingerprint density at radius 2 is 1.80 bits per heavy atom. The van der Waals surface area contributed by atoms with Crippen molar-refractivity contribution in [2.75, 3.05) is 5.32 Å². The first-order valence-corrected chi connectivity index (χ1v) is 9.60. The van der Waals surface area contributed by atoms with E-state index in [2.05, 4.69) is 64.6 Å². The molecule has 0 heterocycles. The van der Waals surface area contributed by atoms with Crippen molar-refractivity contribution in [1.82, 2.24) is 0 Å². The molecular weight excluding hydrogens is 372 g/mol. The zero-order valence-corrected chi connectivity index (χ0v) is 15.9. The zero-order chi connectivity index (χ0) is 17.5. The number of benzene rings is 2. The summed E-state index contributed by atoms with van der Waals surface area (Å²) in [6.45, 7) is 2.25. The predicted molar refractivity (Wildman–Crippen MR) is 106 cm³/mol. The van der Waals surface area contributed by atoms with Crippen molar-refractivity contribution in [3.8, 4) is 6.07 Å². The average Bonchev–Trinajstić information content (AvgIpc) is 2.89. The van der Waals surface area contributed by atoms with Crippen LogP contribution >= 0.6 is 15.9 Å². The number of hydrogen-bond acceptors (Lipinski definition) is 2. The van der Waals surface area contributed by atoms with Crippen LogP contribution in [-0.2, 0) is 5.41 Å². The molecule has 0 aromatic heterocycles. The van der Waals surface area contributed by atoms with Crippen molar-refractivity contribution in [2.24, 2.45) is 0 Å². The molecule has 2 aliphatic carbocycles. The topological polar surface area (TPSA) is 35.8 Å².